The van der Waals surface area contributed by atoms with Gasteiger partial charge in [0, 0.05) is 19.5 Å². The zero-order chi connectivity index (χ0) is 23.9. The molecule has 0 bridgehead atoms. The smallest absolute Gasteiger partial charge is 0.273 e. The third kappa shape index (κ3) is 6.06. The van der Waals surface area contributed by atoms with Crippen molar-refractivity contribution >= 4 is 12.0 Å². The first-order chi connectivity index (χ1) is 17.2. The fourth-order valence-corrected chi connectivity index (χ4v) is 4.28. The number of allylic oxidation sites excluding steroid dienone is 1. The second-order valence-electron chi connectivity index (χ2n) is 8.87. The van der Waals surface area contributed by atoms with Crippen LogP contribution in [-0.4, -0.2) is 31.1 Å². The molecule has 5 rings (SSSR count). The largest absolute Gasteiger partial charge is 0.347 e. The van der Waals surface area contributed by atoms with Gasteiger partial charge in [-0.1, -0.05) is 77.5 Å². The Morgan fingerprint density at radius 1 is 0.914 bits per heavy atom. The van der Waals surface area contributed by atoms with Gasteiger partial charge in [-0.2, -0.15) is 10.2 Å². The van der Waals surface area contributed by atoms with Crippen molar-refractivity contribution in [2.75, 3.05) is 0 Å². The molecule has 0 spiro atoms. The maximum absolute atomic E-state index is 12.3. The third-order valence-corrected chi connectivity index (χ3v) is 6.12. The summed E-state index contributed by atoms with van der Waals surface area (Å²) >= 11 is 0. The van der Waals surface area contributed by atoms with Crippen LogP contribution in [-0.2, 0) is 32.4 Å². The van der Waals surface area contributed by atoms with Gasteiger partial charge in [-0.15, -0.1) is 5.10 Å². The minimum absolute atomic E-state index is 0.215. The zero-order valence-electron chi connectivity index (χ0n) is 19.6. The quantitative estimate of drug-likeness (QED) is 0.356. The van der Waals surface area contributed by atoms with Crippen molar-refractivity contribution in [1.82, 2.24) is 30.5 Å². The fraction of sp³-hybridized carbons (Fsp3) is 0.250. The van der Waals surface area contributed by atoms with Crippen LogP contribution in [0, 0.1) is 0 Å². The Hall–Kier alpha value is -4.13. The molecule has 0 unspecified atom stereocenters. The van der Waals surface area contributed by atoms with Crippen LogP contribution in [0.3, 0.4) is 0 Å². The summed E-state index contributed by atoms with van der Waals surface area (Å²) in [6.07, 6.45) is 8.55. The number of hydrogen-bond acceptors (Lipinski definition) is 5. The van der Waals surface area contributed by atoms with Crippen LogP contribution in [0.15, 0.2) is 78.5 Å². The van der Waals surface area contributed by atoms with E-state index in [4.69, 9.17) is 0 Å². The Labute approximate surface area is 204 Å². The minimum Gasteiger partial charge on any atom is -0.347 e. The fourth-order valence-electron chi connectivity index (χ4n) is 4.28. The van der Waals surface area contributed by atoms with Gasteiger partial charge < -0.3 is 5.32 Å². The van der Waals surface area contributed by atoms with Crippen LogP contribution >= 0.6 is 0 Å². The van der Waals surface area contributed by atoms with E-state index in [1.807, 2.05) is 36.4 Å². The molecule has 2 aromatic carbocycles. The molecule has 176 valence electrons. The Bertz CT molecular complexity index is 1310. The SMILES string of the molecule is O=C(NCc1ccccc1)c1cn(CCCCc2cc3c(nn2)CC(Cc2ccccc2)=C3)nn1. The summed E-state index contributed by atoms with van der Waals surface area (Å²) in [5, 5.41) is 19.9. The first-order valence-corrected chi connectivity index (χ1v) is 12.0. The van der Waals surface area contributed by atoms with E-state index in [2.05, 4.69) is 62.2 Å². The lowest BCUT2D eigenvalue weighted by Crippen LogP contribution is -2.23. The van der Waals surface area contributed by atoms with Crippen molar-refractivity contribution in [3.63, 3.8) is 0 Å². The molecule has 35 heavy (non-hydrogen) atoms. The highest BCUT2D eigenvalue weighted by molar-refractivity contribution is 5.91. The van der Waals surface area contributed by atoms with Crippen LogP contribution in [0.5, 0.6) is 0 Å². The summed E-state index contributed by atoms with van der Waals surface area (Å²) in [7, 11) is 0. The predicted molar refractivity (Wildman–Crippen MR) is 134 cm³/mol. The molecule has 7 heteroatoms. The van der Waals surface area contributed by atoms with Crippen LogP contribution in [0.25, 0.3) is 6.08 Å². The highest BCUT2D eigenvalue weighted by Gasteiger charge is 2.16. The molecule has 1 N–H and O–H groups in total. The van der Waals surface area contributed by atoms with E-state index in [1.54, 1.807) is 10.9 Å². The van der Waals surface area contributed by atoms with Crippen molar-refractivity contribution in [3.8, 4) is 0 Å². The van der Waals surface area contributed by atoms with Crippen molar-refractivity contribution in [2.45, 2.75) is 45.2 Å². The average Bonchev–Trinajstić information content (AvgIpc) is 3.53. The summed E-state index contributed by atoms with van der Waals surface area (Å²) < 4.78 is 1.73. The van der Waals surface area contributed by atoms with Crippen LogP contribution in [0.4, 0.5) is 0 Å². The van der Waals surface area contributed by atoms with E-state index < -0.39 is 0 Å². The summed E-state index contributed by atoms with van der Waals surface area (Å²) in [5.41, 5.74) is 7.37. The third-order valence-electron chi connectivity index (χ3n) is 6.12. The normalized spacial score (nSPS) is 12.3. The van der Waals surface area contributed by atoms with Gasteiger partial charge in [0.15, 0.2) is 5.69 Å². The van der Waals surface area contributed by atoms with E-state index in [1.165, 1.54) is 16.7 Å². The van der Waals surface area contributed by atoms with Gasteiger partial charge in [0.05, 0.1) is 17.6 Å². The molecule has 0 atom stereocenters. The van der Waals surface area contributed by atoms with Crippen LogP contribution in [0.1, 0.15) is 51.4 Å². The van der Waals surface area contributed by atoms with Crippen LogP contribution in [0.2, 0.25) is 0 Å². The van der Waals surface area contributed by atoms with Crippen molar-refractivity contribution in [1.29, 1.82) is 0 Å². The molecule has 2 aromatic heterocycles. The Morgan fingerprint density at radius 2 is 1.69 bits per heavy atom. The number of nitrogens with zero attached hydrogens (tertiary/aromatic N) is 5. The Morgan fingerprint density at radius 3 is 2.49 bits per heavy atom. The molecule has 7 nitrogen and oxygen atoms in total. The highest BCUT2D eigenvalue weighted by atomic mass is 16.2. The first-order valence-electron chi connectivity index (χ1n) is 12.0. The van der Waals surface area contributed by atoms with Gasteiger partial charge in [-0.3, -0.25) is 9.48 Å². The molecule has 0 saturated heterocycles. The number of aromatic nitrogens is 5. The number of nitrogens with one attached hydrogen (secondary N) is 1. The summed E-state index contributed by atoms with van der Waals surface area (Å²) in [6.45, 7) is 1.18. The van der Waals surface area contributed by atoms with Gasteiger partial charge in [-0.05, 0) is 48.4 Å². The molecule has 1 aliphatic rings. The highest BCUT2D eigenvalue weighted by Crippen LogP contribution is 2.26. The first kappa shape index (κ1) is 22.7. The predicted octanol–water partition coefficient (Wildman–Crippen LogP) is 4.20. The van der Waals surface area contributed by atoms with Crippen molar-refractivity contribution < 1.29 is 4.79 Å². The number of amides is 1. The van der Waals surface area contributed by atoms with Crippen LogP contribution < -0.4 is 5.32 Å². The van der Waals surface area contributed by atoms with Crippen molar-refractivity contribution in [2.24, 2.45) is 0 Å². The lowest BCUT2D eigenvalue weighted by atomic mass is 10.0. The van der Waals surface area contributed by atoms with Gasteiger partial charge in [-0.25, -0.2) is 0 Å². The van der Waals surface area contributed by atoms with E-state index >= 15 is 0 Å². The Kier molecular flexibility index (Phi) is 7.03. The average molecular weight is 465 g/mol. The summed E-state index contributed by atoms with van der Waals surface area (Å²) in [6, 6.07) is 22.5. The van der Waals surface area contributed by atoms with E-state index in [9.17, 15) is 4.79 Å². The molecular formula is C28H28N6O. The topological polar surface area (TPSA) is 85.6 Å². The number of unbranched alkanes of at least 4 members (excludes halogenated alkanes) is 1. The maximum atomic E-state index is 12.3. The van der Waals surface area contributed by atoms with Gasteiger partial charge >= 0.3 is 0 Å². The summed E-state index contributed by atoms with van der Waals surface area (Å²) in [4.78, 5) is 12.3. The number of carbonyl (C=O) groups excluding carboxylic acids is 1. The van der Waals surface area contributed by atoms with Gasteiger partial charge in [0.1, 0.15) is 0 Å². The molecule has 1 amide bonds. The number of aryl methyl sites for hydroxylation is 2. The van der Waals surface area contributed by atoms with Gasteiger partial charge in [0.25, 0.3) is 5.91 Å². The Balaban J connectivity index is 1.07. The maximum Gasteiger partial charge on any atom is 0.273 e. The zero-order valence-corrected chi connectivity index (χ0v) is 19.6. The molecular weight excluding hydrogens is 436 g/mol. The minimum atomic E-state index is -0.215. The molecule has 4 aromatic rings. The molecule has 0 radical (unpaired) electrons. The number of benzene rings is 2. The van der Waals surface area contributed by atoms with E-state index in [0.717, 1.165) is 49.1 Å². The molecule has 0 aliphatic heterocycles. The van der Waals surface area contributed by atoms with E-state index in [-0.39, 0.29) is 5.91 Å². The number of carbonyl (C=O) groups is 1. The van der Waals surface area contributed by atoms with Gasteiger partial charge in [0.2, 0.25) is 0 Å². The number of hydrogen-bond donors (Lipinski definition) is 1. The summed E-state index contributed by atoms with van der Waals surface area (Å²) in [5.74, 6) is -0.215. The lowest BCUT2D eigenvalue weighted by molar-refractivity contribution is 0.0946. The molecule has 0 fully saturated rings. The number of fused-ring (bicyclic) bond motifs is 1. The van der Waals surface area contributed by atoms with Crippen molar-refractivity contribution in [3.05, 3.63) is 112 Å². The second kappa shape index (κ2) is 10.9. The molecule has 0 saturated carbocycles. The second-order valence-corrected chi connectivity index (χ2v) is 8.87. The van der Waals surface area contributed by atoms with E-state index in [0.29, 0.717) is 18.8 Å². The standard InChI is InChI=1S/C28H28N6O/c35-28(29-19-22-11-5-2-6-12-22)27-20-34(33-32-27)14-8-7-13-25-18-24-16-23(17-26(24)31-30-25)15-21-9-3-1-4-10-21/h1-6,9-12,16,18,20H,7-8,13-15,17,19H2,(H,29,35). The number of rotatable bonds is 10. The molecule has 1 aliphatic carbocycles. The monoisotopic (exact) mass is 464 g/mol. The lowest BCUT2D eigenvalue weighted by Gasteiger charge is -2.04. The molecule has 2 heterocycles.